The number of benzene rings is 8. The van der Waals surface area contributed by atoms with Crippen molar-refractivity contribution in [3.05, 3.63) is 239 Å². The minimum atomic E-state index is -0.402. The van der Waals surface area contributed by atoms with Gasteiger partial charge in [-0.15, -0.1) is 0 Å². The number of nitrogens with zero attached hydrogens (tertiary/aromatic N) is 4. The molecule has 1 aromatic heterocycles. The Morgan fingerprint density at radius 2 is 0.683 bits per heavy atom. The molecule has 0 bridgehead atoms. The van der Waals surface area contributed by atoms with E-state index in [9.17, 15) is 0 Å². The lowest BCUT2D eigenvalue weighted by atomic mass is 9.70. The van der Waals surface area contributed by atoms with Gasteiger partial charge in [0, 0.05) is 24.5 Å². The number of aromatic nitrogens is 2. The summed E-state index contributed by atoms with van der Waals surface area (Å²) in [5, 5.41) is 0. The molecule has 0 radical (unpaired) electrons. The van der Waals surface area contributed by atoms with Gasteiger partial charge in [0.2, 0.25) is 0 Å². The van der Waals surface area contributed by atoms with Crippen molar-refractivity contribution in [2.75, 3.05) is 22.9 Å². The highest BCUT2D eigenvalue weighted by molar-refractivity contribution is 5.98. The molecule has 5 aliphatic rings. The molecule has 8 aromatic carbocycles. The van der Waals surface area contributed by atoms with Crippen LogP contribution in [0.3, 0.4) is 0 Å². The first-order valence-electron chi connectivity index (χ1n) is 21.0. The van der Waals surface area contributed by atoms with Gasteiger partial charge in [0.05, 0.1) is 17.0 Å². The van der Waals surface area contributed by atoms with Crippen LogP contribution < -0.4 is 9.80 Å². The predicted molar refractivity (Wildman–Crippen MR) is 242 cm³/mol. The minimum absolute atomic E-state index is 0.400. The number of rotatable bonds is 2. The summed E-state index contributed by atoms with van der Waals surface area (Å²) in [5.74, 6) is 0.919. The molecule has 0 saturated heterocycles. The topological polar surface area (TPSA) is 32.3 Å². The SMILES string of the molecule is c1ccc2c(c1)-c1ccccc1C21c2ccccc2-c2ccc(N3CCN(c4ccc5c(c4)C4(c6ccccc6-c6ccccc64)c4ccccc4-5)c4ncncc43)cc21. The fourth-order valence-electron chi connectivity index (χ4n) is 12.2. The molecule has 0 saturated carbocycles. The summed E-state index contributed by atoms with van der Waals surface area (Å²) in [7, 11) is 0. The molecule has 2 spiro atoms. The summed E-state index contributed by atoms with van der Waals surface area (Å²) in [4.78, 5) is 14.5. The van der Waals surface area contributed by atoms with Crippen LogP contribution in [0.15, 0.2) is 195 Å². The van der Waals surface area contributed by atoms with Crippen LogP contribution in [-0.4, -0.2) is 23.1 Å². The van der Waals surface area contributed by atoms with Crippen molar-refractivity contribution in [3.8, 4) is 44.5 Å². The van der Waals surface area contributed by atoms with E-state index < -0.39 is 10.8 Å². The van der Waals surface area contributed by atoms with Gasteiger partial charge in [-0.3, -0.25) is 0 Å². The minimum Gasteiger partial charge on any atom is -0.335 e. The van der Waals surface area contributed by atoms with E-state index in [1.165, 1.54) is 89.0 Å². The summed E-state index contributed by atoms with van der Waals surface area (Å²) < 4.78 is 0. The molecule has 280 valence electrons. The van der Waals surface area contributed by atoms with Gasteiger partial charge in [0.25, 0.3) is 0 Å². The number of hydrogen-bond donors (Lipinski definition) is 0. The molecule has 0 fully saturated rings. The Labute approximate surface area is 348 Å². The number of anilines is 4. The van der Waals surface area contributed by atoms with Crippen LogP contribution in [-0.2, 0) is 10.8 Å². The maximum absolute atomic E-state index is 5.06. The zero-order valence-electron chi connectivity index (χ0n) is 32.7. The normalized spacial score (nSPS) is 15.7. The highest BCUT2D eigenvalue weighted by Crippen LogP contribution is 2.65. The van der Waals surface area contributed by atoms with Crippen molar-refractivity contribution in [3.63, 3.8) is 0 Å². The summed E-state index contributed by atoms with van der Waals surface area (Å²) in [6, 6.07) is 68.4. The van der Waals surface area contributed by atoms with E-state index in [-0.39, 0.29) is 0 Å². The fourth-order valence-corrected chi connectivity index (χ4v) is 12.2. The van der Waals surface area contributed by atoms with Crippen LogP contribution in [0.4, 0.5) is 22.9 Å². The lowest BCUT2D eigenvalue weighted by Gasteiger charge is -2.38. The zero-order chi connectivity index (χ0) is 39.2. The molecule has 4 aliphatic carbocycles. The lowest BCUT2D eigenvalue weighted by Crippen LogP contribution is -2.37. The highest BCUT2D eigenvalue weighted by Gasteiger charge is 2.53. The molecular formula is C56H36N4. The second-order valence-corrected chi connectivity index (χ2v) is 16.8. The molecule has 0 N–H and O–H groups in total. The Morgan fingerprint density at radius 3 is 1.08 bits per heavy atom. The van der Waals surface area contributed by atoms with Crippen LogP contribution in [0.2, 0.25) is 0 Å². The van der Waals surface area contributed by atoms with Gasteiger partial charge >= 0.3 is 0 Å². The Morgan fingerprint density at radius 1 is 0.350 bits per heavy atom. The van der Waals surface area contributed by atoms with Crippen LogP contribution in [0.1, 0.15) is 44.5 Å². The smallest absolute Gasteiger partial charge is 0.160 e. The summed E-state index contributed by atoms with van der Waals surface area (Å²) in [6.45, 7) is 1.55. The summed E-state index contributed by atoms with van der Waals surface area (Å²) in [6.07, 6.45) is 3.70. The van der Waals surface area contributed by atoms with E-state index in [1.807, 2.05) is 6.20 Å². The van der Waals surface area contributed by atoms with Crippen molar-refractivity contribution < 1.29 is 0 Å². The maximum atomic E-state index is 5.06. The van der Waals surface area contributed by atoms with E-state index in [0.717, 1.165) is 36.0 Å². The van der Waals surface area contributed by atoms with Crippen molar-refractivity contribution in [2.45, 2.75) is 10.8 Å². The Bertz CT molecular complexity index is 2980. The van der Waals surface area contributed by atoms with Crippen LogP contribution in [0.25, 0.3) is 44.5 Å². The van der Waals surface area contributed by atoms with Gasteiger partial charge < -0.3 is 9.80 Å². The summed E-state index contributed by atoms with van der Waals surface area (Å²) >= 11 is 0. The fraction of sp³-hybridized carbons (Fsp3) is 0.0714. The van der Waals surface area contributed by atoms with Crippen LogP contribution in [0, 0.1) is 0 Å². The van der Waals surface area contributed by atoms with E-state index in [4.69, 9.17) is 4.98 Å². The lowest BCUT2D eigenvalue weighted by molar-refractivity contribution is 0.785. The largest absolute Gasteiger partial charge is 0.335 e. The van der Waals surface area contributed by atoms with E-state index >= 15 is 0 Å². The molecule has 60 heavy (non-hydrogen) atoms. The standard InChI is InChI=1S/C56H36N4/c1-7-19-45-37(13-1)38-14-2-8-20-46(38)55(45)49-23-11-5-17-41(49)43-27-25-35(31-51(43)55)59-29-30-60(54-53(59)33-57-34-58-54)36-26-28-44-42-18-6-12-24-50(42)56(52(44)32-36)47-21-9-3-15-39(47)40-16-4-10-22-48(40)56/h1-28,31-34H,29-30H2. The van der Waals surface area contributed by atoms with Gasteiger partial charge in [-0.05, 0) is 113 Å². The third-order valence-corrected chi connectivity index (χ3v) is 14.4. The molecular weight excluding hydrogens is 729 g/mol. The van der Waals surface area contributed by atoms with Gasteiger partial charge in [0.1, 0.15) is 12.0 Å². The van der Waals surface area contributed by atoms with E-state index in [2.05, 4.69) is 197 Å². The average Bonchev–Trinajstić information content (AvgIpc) is 4.00. The zero-order valence-corrected chi connectivity index (χ0v) is 32.7. The molecule has 0 amide bonds. The van der Waals surface area contributed by atoms with Crippen molar-refractivity contribution >= 4 is 22.9 Å². The first-order valence-corrected chi connectivity index (χ1v) is 21.0. The summed E-state index contributed by atoms with van der Waals surface area (Å²) in [5.41, 5.74) is 23.8. The maximum Gasteiger partial charge on any atom is 0.160 e. The molecule has 14 rings (SSSR count). The third-order valence-electron chi connectivity index (χ3n) is 14.4. The highest BCUT2D eigenvalue weighted by atomic mass is 15.3. The Hall–Kier alpha value is -7.56. The van der Waals surface area contributed by atoms with Crippen molar-refractivity contribution in [1.82, 2.24) is 9.97 Å². The van der Waals surface area contributed by atoms with Gasteiger partial charge in [0.15, 0.2) is 5.82 Å². The number of hydrogen-bond acceptors (Lipinski definition) is 4. The van der Waals surface area contributed by atoms with Crippen LogP contribution in [0.5, 0.6) is 0 Å². The van der Waals surface area contributed by atoms with Crippen LogP contribution >= 0.6 is 0 Å². The van der Waals surface area contributed by atoms with Gasteiger partial charge in [-0.25, -0.2) is 9.97 Å². The first kappa shape index (κ1) is 32.4. The quantitative estimate of drug-likeness (QED) is 0.175. The van der Waals surface area contributed by atoms with Gasteiger partial charge in [-0.1, -0.05) is 158 Å². The molecule has 0 atom stereocenters. The van der Waals surface area contributed by atoms with Crippen molar-refractivity contribution in [2.24, 2.45) is 0 Å². The molecule has 9 aromatic rings. The Balaban J connectivity index is 0.921. The first-order chi connectivity index (χ1) is 29.8. The predicted octanol–water partition coefficient (Wildman–Crippen LogP) is 12.5. The van der Waals surface area contributed by atoms with Crippen molar-refractivity contribution in [1.29, 1.82) is 0 Å². The molecule has 0 unspecified atom stereocenters. The molecule has 1 aliphatic heterocycles. The molecule has 4 nitrogen and oxygen atoms in total. The second-order valence-electron chi connectivity index (χ2n) is 16.8. The average molecular weight is 765 g/mol. The number of fused-ring (bicyclic) bond motifs is 21. The van der Waals surface area contributed by atoms with E-state index in [0.29, 0.717) is 0 Å². The van der Waals surface area contributed by atoms with E-state index in [1.54, 1.807) is 6.33 Å². The Kier molecular flexibility index (Phi) is 6.24. The third kappa shape index (κ3) is 3.79. The molecule has 2 heterocycles. The second kappa shape index (κ2) is 11.6. The molecule has 4 heteroatoms. The van der Waals surface area contributed by atoms with Gasteiger partial charge in [-0.2, -0.15) is 0 Å². The monoisotopic (exact) mass is 764 g/mol.